The molecule has 2 amide bonds. The van der Waals surface area contributed by atoms with Crippen molar-refractivity contribution in [1.82, 2.24) is 10.2 Å². The number of hydrogen-bond acceptors (Lipinski definition) is 7. The molecule has 30 heavy (non-hydrogen) atoms. The largest absolute Gasteiger partial charge is 0.445 e. The van der Waals surface area contributed by atoms with Gasteiger partial charge in [0.1, 0.15) is 12.2 Å². The van der Waals surface area contributed by atoms with Crippen LogP contribution in [-0.4, -0.2) is 63.1 Å². The summed E-state index contributed by atoms with van der Waals surface area (Å²) >= 11 is 0. The topological polar surface area (TPSA) is 111 Å². The maximum Gasteiger partial charge on any atom is 0.410 e. The Hall–Kier alpha value is -2.33. The van der Waals surface area contributed by atoms with Crippen LogP contribution < -0.4 is 5.32 Å². The van der Waals surface area contributed by atoms with E-state index in [0.717, 1.165) is 11.8 Å². The van der Waals surface area contributed by atoms with Crippen LogP contribution in [0.1, 0.15) is 32.8 Å². The third-order valence-corrected chi connectivity index (χ3v) is 4.96. The van der Waals surface area contributed by atoms with Gasteiger partial charge in [0.15, 0.2) is 0 Å². The van der Waals surface area contributed by atoms with Crippen LogP contribution in [-0.2, 0) is 30.4 Å². The number of likely N-dealkylation sites (tertiary alicyclic amines) is 1. The summed E-state index contributed by atoms with van der Waals surface area (Å²) in [7, 11) is -3.67. The van der Waals surface area contributed by atoms with Crippen molar-refractivity contribution in [3.63, 3.8) is 0 Å². The molecule has 2 rings (SSSR count). The van der Waals surface area contributed by atoms with Crippen molar-refractivity contribution in [2.75, 3.05) is 26.0 Å². The Bertz CT molecular complexity index is 821. The van der Waals surface area contributed by atoms with Crippen molar-refractivity contribution in [2.45, 2.75) is 45.4 Å². The number of benzene rings is 1. The maximum absolute atomic E-state index is 12.4. The molecule has 1 saturated heterocycles. The fourth-order valence-corrected chi connectivity index (χ4v) is 3.43. The Morgan fingerprint density at radius 2 is 1.87 bits per heavy atom. The standard InChI is InChI=1S/C20H30N2O7S/c1-20(2,3)29-19(24)22-11-10-17(16(12-22)14-28-30(4,25)26)21-18(23)27-13-15-8-6-5-7-9-15/h5-9,16-17H,10-14H2,1-4H3,(H,21,23)/t16-,17+/m1/s1. The Balaban J connectivity index is 1.98. The highest BCUT2D eigenvalue weighted by Crippen LogP contribution is 2.21. The summed E-state index contributed by atoms with van der Waals surface area (Å²) in [4.78, 5) is 26.1. The zero-order chi connectivity index (χ0) is 22.4. The van der Waals surface area contributed by atoms with E-state index in [-0.39, 0.29) is 19.8 Å². The van der Waals surface area contributed by atoms with Crippen LogP contribution in [0.15, 0.2) is 30.3 Å². The van der Waals surface area contributed by atoms with E-state index in [2.05, 4.69) is 5.32 Å². The molecule has 1 heterocycles. The lowest BCUT2D eigenvalue weighted by molar-refractivity contribution is 0.00976. The molecule has 1 aromatic rings. The molecule has 0 spiro atoms. The molecule has 9 nitrogen and oxygen atoms in total. The maximum atomic E-state index is 12.4. The second-order valence-electron chi connectivity index (χ2n) is 8.28. The molecule has 0 bridgehead atoms. The quantitative estimate of drug-likeness (QED) is 0.674. The molecule has 0 aliphatic carbocycles. The summed E-state index contributed by atoms with van der Waals surface area (Å²) in [5.74, 6) is -0.440. The van der Waals surface area contributed by atoms with Gasteiger partial charge in [0.25, 0.3) is 10.1 Å². The highest BCUT2D eigenvalue weighted by atomic mass is 32.2. The van der Waals surface area contributed by atoms with Gasteiger partial charge in [-0.05, 0) is 32.8 Å². The first-order valence-corrected chi connectivity index (χ1v) is 11.5. The average molecular weight is 443 g/mol. The highest BCUT2D eigenvalue weighted by Gasteiger charge is 2.35. The van der Waals surface area contributed by atoms with Crippen molar-refractivity contribution >= 4 is 22.3 Å². The second kappa shape index (κ2) is 10.1. The van der Waals surface area contributed by atoms with Gasteiger partial charge in [-0.25, -0.2) is 9.59 Å². The van der Waals surface area contributed by atoms with Crippen molar-refractivity contribution in [3.05, 3.63) is 35.9 Å². The predicted molar refractivity (Wildman–Crippen MR) is 110 cm³/mol. The van der Waals surface area contributed by atoms with E-state index in [1.807, 2.05) is 30.3 Å². The lowest BCUT2D eigenvalue weighted by atomic mass is 9.93. The van der Waals surface area contributed by atoms with Gasteiger partial charge >= 0.3 is 12.2 Å². The van der Waals surface area contributed by atoms with Crippen LogP contribution in [0.3, 0.4) is 0 Å². The fraction of sp³-hybridized carbons (Fsp3) is 0.600. The van der Waals surface area contributed by atoms with Crippen LogP contribution in [0.5, 0.6) is 0 Å². The van der Waals surface area contributed by atoms with Gasteiger partial charge in [-0.1, -0.05) is 30.3 Å². The number of nitrogens with one attached hydrogen (secondary N) is 1. The molecule has 10 heteroatoms. The van der Waals surface area contributed by atoms with Crippen molar-refractivity contribution in [3.8, 4) is 0 Å². The summed E-state index contributed by atoms with van der Waals surface area (Å²) in [5, 5.41) is 2.77. The molecular formula is C20H30N2O7S. The van der Waals surface area contributed by atoms with E-state index >= 15 is 0 Å². The van der Waals surface area contributed by atoms with E-state index in [4.69, 9.17) is 13.7 Å². The number of amides is 2. The van der Waals surface area contributed by atoms with Crippen LogP contribution >= 0.6 is 0 Å². The molecule has 1 aromatic carbocycles. The van der Waals surface area contributed by atoms with Gasteiger partial charge in [0.05, 0.1) is 12.9 Å². The third-order valence-electron chi connectivity index (χ3n) is 4.40. The molecule has 0 saturated carbocycles. The number of ether oxygens (including phenoxy) is 2. The number of hydrogen-bond donors (Lipinski definition) is 1. The molecule has 1 fully saturated rings. The summed E-state index contributed by atoms with van der Waals surface area (Å²) < 4.78 is 38.4. The van der Waals surface area contributed by atoms with Gasteiger partial charge < -0.3 is 19.7 Å². The Morgan fingerprint density at radius 1 is 1.20 bits per heavy atom. The lowest BCUT2D eigenvalue weighted by Crippen LogP contribution is -2.54. The monoisotopic (exact) mass is 442 g/mol. The number of piperidine rings is 1. The Morgan fingerprint density at radius 3 is 2.47 bits per heavy atom. The van der Waals surface area contributed by atoms with E-state index in [1.54, 1.807) is 20.8 Å². The van der Waals surface area contributed by atoms with Crippen LogP contribution in [0, 0.1) is 5.92 Å². The first-order chi connectivity index (χ1) is 13.9. The average Bonchev–Trinajstić information content (AvgIpc) is 2.64. The van der Waals surface area contributed by atoms with Gasteiger partial charge in [-0.3, -0.25) is 4.18 Å². The first-order valence-electron chi connectivity index (χ1n) is 9.72. The Kier molecular flexibility index (Phi) is 8.08. The summed E-state index contributed by atoms with van der Waals surface area (Å²) in [6.45, 7) is 5.81. The van der Waals surface area contributed by atoms with E-state index in [0.29, 0.717) is 13.0 Å². The summed E-state index contributed by atoms with van der Waals surface area (Å²) in [6, 6.07) is 8.84. The third kappa shape index (κ3) is 8.58. The number of nitrogens with zero attached hydrogens (tertiary/aromatic N) is 1. The molecular weight excluding hydrogens is 412 g/mol. The molecule has 0 aromatic heterocycles. The zero-order valence-electron chi connectivity index (χ0n) is 17.8. The number of rotatable bonds is 6. The van der Waals surface area contributed by atoms with Crippen LogP contribution in [0.25, 0.3) is 0 Å². The molecule has 1 aliphatic rings. The minimum absolute atomic E-state index is 0.119. The minimum Gasteiger partial charge on any atom is -0.445 e. The van der Waals surface area contributed by atoms with Crippen LogP contribution in [0.2, 0.25) is 0 Å². The van der Waals surface area contributed by atoms with E-state index < -0.39 is 39.9 Å². The van der Waals surface area contributed by atoms with Crippen molar-refractivity contribution in [2.24, 2.45) is 5.92 Å². The normalized spacial score (nSPS) is 19.8. The smallest absolute Gasteiger partial charge is 0.410 e. The Labute approximate surface area is 177 Å². The number of carbonyl (C=O) groups excluding carboxylic acids is 2. The molecule has 2 atom stereocenters. The lowest BCUT2D eigenvalue weighted by Gasteiger charge is -2.38. The number of carbonyl (C=O) groups is 2. The van der Waals surface area contributed by atoms with Crippen molar-refractivity contribution in [1.29, 1.82) is 0 Å². The SMILES string of the molecule is CC(C)(C)OC(=O)N1CC[C@H](NC(=O)OCc2ccccc2)[C@@H](COS(C)(=O)=O)C1. The minimum atomic E-state index is -3.67. The molecule has 1 N–H and O–H groups in total. The van der Waals surface area contributed by atoms with Gasteiger partial charge in [-0.2, -0.15) is 8.42 Å². The first kappa shape index (κ1) is 23.9. The van der Waals surface area contributed by atoms with Crippen molar-refractivity contribution < 1.29 is 31.7 Å². The summed E-state index contributed by atoms with van der Waals surface area (Å²) in [5.41, 5.74) is 0.205. The molecule has 0 unspecified atom stereocenters. The highest BCUT2D eigenvalue weighted by molar-refractivity contribution is 7.85. The zero-order valence-corrected chi connectivity index (χ0v) is 18.6. The van der Waals surface area contributed by atoms with Gasteiger partial charge in [0.2, 0.25) is 0 Å². The second-order valence-corrected chi connectivity index (χ2v) is 9.92. The molecule has 0 radical (unpaired) electrons. The number of alkyl carbamates (subject to hydrolysis) is 1. The van der Waals surface area contributed by atoms with E-state index in [1.165, 1.54) is 4.90 Å². The fourth-order valence-electron chi connectivity index (χ4n) is 3.01. The van der Waals surface area contributed by atoms with Crippen LogP contribution in [0.4, 0.5) is 9.59 Å². The van der Waals surface area contributed by atoms with Gasteiger partial charge in [-0.15, -0.1) is 0 Å². The van der Waals surface area contributed by atoms with E-state index in [9.17, 15) is 18.0 Å². The predicted octanol–water partition coefficient (Wildman–Crippen LogP) is 2.51. The summed E-state index contributed by atoms with van der Waals surface area (Å²) in [6.07, 6.45) is 0.269. The molecule has 1 aliphatic heterocycles. The van der Waals surface area contributed by atoms with Gasteiger partial charge in [0, 0.05) is 25.0 Å². The molecule has 168 valence electrons.